The van der Waals surface area contributed by atoms with Gasteiger partial charge >= 0.3 is 0 Å². The average molecular weight is 282 g/mol. The standard InChI is InChI=1S/C10H11Cl3N2O/c1-15(2)6-3-7(12)10(8(13)4-6)14-9(16)5-11/h3-4H,5H2,1-2H3,(H,14,16). The Morgan fingerprint density at radius 2 is 1.81 bits per heavy atom. The van der Waals surface area contributed by atoms with E-state index in [0.29, 0.717) is 15.7 Å². The minimum Gasteiger partial charge on any atom is -0.378 e. The SMILES string of the molecule is CN(C)c1cc(Cl)c(NC(=O)CCl)c(Cl)c1. The quantitative estimate of drug-likeness (QED) is 0.863. The largest absolute Gasteiger partial charge is 0.378 e. The van der Waals surface area contributed by atoms with Gasteiger partial charge in [-0.15, -0.1) is 11.6 Å². The molecule has 0 saturated carbocycles. The molecule has 1 N–H and O–H groups in total. The van der Waals surface area contributed by atoms with Gasteiger partial charge < -0.3 is 10.2 Å². The lowest BCUT2D eigenvalue weighted by Gasteiger charge is -2.16. The number of carbonyl (C=O) groups excluding carboxylic acids is 1. The third kappa shape index (κ3) is 3.17. The van der Waals surface area contributed by atoms with Gasteiger partial charge in [0.1, 0.15) is 5.88 Å². The molecule has 0 aromatic heterocycles. The smallest absolute Gasteiger partial charge is 0.239 e. The van der Waals surface area contributed by atoms with Crippen molar-refractivity contribution >= 4 is 52.1 Å². The van der Waals surface area contributed by atoms with Gasteiger partial charge in [0.25, 0.3) is 0 Å². The number of alkyl halides is 1. The zero-order valence-corrected chi connectivity index (χ0v) is 11.1. The highest BCUT2D eigenvalue weighted by Crippen LogP contribution is 2.34. The number of rotatable bonds is 3. The number of anilines is 2. The summed E-state index contributed by atoms with van der Waals surface area (Å²) in [5, 5.41) is 3.31. The number of nitrogens with one attached hydrogen (secondary N) is 1. The maximum absolute atomic E-state index is 11.1. The van der Waals surface area contributed by atoms with Gasteiger partial charge in [-0.25, -0.2) is 0 Å². The van der Waals surface area contributed by atoms with Crippen LogP contribution in [0.25, 0.3) is 0 Å². The first kappa shape index (κ1) is 13.4. The van der Waals surface area contributed by atoms with Crippen LogP contribution in [-0.4, -0.2) is 25.9 Å². The molecule has 0 aliphatic carbocycles. The Labute approximate surface area is 109 Å². The molecule has 1 rings (SSSR count). The zero-order chi connectivity index (χ0) is 12.3. The predicted octanol–water partition coefficient (Wildman–Crippen LogP) is 3.24. The molecule has 16 heavy (non-hydrogen) atoms. The van der Waals surface area contributed by atoms with E-state index in [9.17, 15) is 4.79 Å². The van der Waals surface area contributed by atoms with Crippen molar-refractivity contribution in [2.24, 2.45) is 0 Å². The molecule has 1 aromatic carbocycles. The molecule has 0 aliphatic heterocycles. The topological polar surface area (TPSA) is 32.3 Å². The molecule has 0 heterocycles. The molecule has 0 bridgehead atoms. The van der Waals surface area contributed by atoms with Crippen molar-refractivity contribution in [3.63, 3.8) is 0 Å². The molecule has 0 fully saturated rings. The van der Waals surface area contributed by atoms with E-state index in [4.69, 9.17) is 34.8 Å². The Balaban J connectivity index is 3.07. The van der Waals surface area contributed by atoms with E-state index in [2.05, 4.69) is 5.32 Å². The monoisotopic (exact) mass is 280 g/mol. The second kappa shape index (κ2) is 5.62. The van der Waals surface area contributed by atoms with Gasteiger partial charge in [0.2, 0.25) is 5.91 Å². The van der Waals surface area contributed by atoms with Crippen LogP contribution in [0.3, 0.4) is 0 Å². The molecule has 0 saturated heterocycles. The molecular formula is C10H11Cl3N2O. The van der Waals surface area contributed by atoms with Crippen LogP contribution in [0, 0.1) is 0 Å². The van der Waals surface area contributed by atoms with E-state index >= 15 is 0 Å². The van der Waals surface area contributed by atoms with Crippen molar-refractivity contribution in [1.29, 1.82) is 0 Å². The Bertz CT molecular complexity index is 384. The summed E-state index contributed by atoms with van der Waals surface area (Å²) in [6.45, 7) is 0. The number of carbonyl (C=O) groups is 1. The minimum atomic E-state index is -0.344. The van der Waals surface area contributed by atoms with Gasteiger partial charge in [-0.05, 0) is 12.1 Å². The van der Waals surface area contributed by atoms with Crippen molar-refractivity contribution in [1.82, 2.24) is 0 Å². The summed E-state index contributed by atoms with van der Waals surface area (Å²) >= 11 is 17.4. The maximum Gasteiger partial charge on any atom is 0.239 e. The number of benzene rings is 1. The van der Waals surface area contributed by atoms with Crippen LogP contribution in [0.1, 0.15) is 0 Å². The van der Waals surface area contributed by atoms with Crippen molar-refractivity contribution in [3.8, 4) is 0 Å². The molecule has 0 atom stereocenters. The van der Waals surface area contributed by atoms with E-state index in [1.54, 1.807) is 12.1 Å². The second-order valence-electron chi connectivity index (χ2n) is 3.36. The Morgan fingerprint density at radius 1 is 1.31 bits per heavy atom. The Hall–Kier alpha value is -0.640. The van der Waals surface area contributed by atoms with E-state index in [0.717, 1.165) is 5.69 Å². The van der Waals surface area contributed by atoms with Crippen LogP contribution in [-0.2, 0) is 4.79 Å². The number of hydrogen-bond donors (Lipinski definition) is 1. The lowest BCUT2D eigenvalue weighted by atomic mass is 10.2. The molecule has 3 nitrogen and oxygen atoms in total. The lowest BCUT2D eigenvalue weighted by molar-refractivity contribution is -0.113. The summed E-state index contributed by atoms with van der Waals surface area (Å²) < 4.78 is 0. The van der Waals surface area contributed by atoms with Crippen LogP contribution in [0.4, 0.5) is 11.4 Å². The third-order valence-corrected chi connectivity index (χ3v) is 2.77. The summed E-state index contributed by atoms with van der Waals surface area (Å²) in [5.41, 5.74) is 1.25. The number of amides is 1. The highest BCUT2D eigenvalue weighted by Gasteiger charge is 2.11. The van der Waals surface area contributed by atoms with Crippen LogP contribution < -0.4 is 10.2 Å². The summed E-state index contributed by atoms with van der Waals surface area (Å²) in [5.74, 6) is -0.481. The summed E-state index contributed by atoms with van der Waals surface area (Å²) in [4.78, 5) is 13.0. The lowest BCUT2D eigenvalue weighted by Crippen LogP contribution is -2.14. The van der Waals surface area contributed by atoms with Crippen molar-refractivity contribution < 1.29 is 4.79 Å². The molecule has 1 aromatic rings. The second-order valence-corrected chi connectivity index (χ2v) is 4.44. The summed E-state index contributed by atoms with van der Waals surface area (Å²) in [7, 11) is 3.75. The first-order valence-electron chi connectivity index (χ1n) is 4.48. The molecule has 6 heteroatoms. The minimum absolute atomic E-state index is 0.137. The average Bonchev–Trinajstić information content (AvgIpc) is 2.22. The first-order valence-corrected chi connectivity index (χ1v) is 5.77. The number of nitrogens with zero attached hydrogens (tertiary/aromatic N) is 1. The number of hydrogen-bond acceptors (Lipinski definition) is 2. The van der Waals surface area contributed by atoms with E-state index in [1.165, 1.54) is 0 Å². The van der Waals surface area contributed by atoms with Gasteiger partial charge in [0.05, 0.1) is 15.7 Å². The molecule has 0 unspecified atom stereocenters. The Morgan fingerprint density at radius 3 is 2.19 bits per heavy atom. The molecule has 1 amide bonds. The molecule has 0 aliphatic rings. The maximum atomic E-state index is 11.1. The molecule has 0 radical (unpaired) electrons. The zero-order valence-electron chi connectivity index (χ0n) is 8.85. The highest BCUT2D eigenvalue weighted by atomic mass is 35.5. The van der Waals surface area contributed by atoms with Gasteiger partial charge in [-0.2, -0.15) is 0 Å². The molecular weight excluding hydrogens is 270 g/mol. The van der Waals surface area contributed by atoms with Crippen molar-refractivity contribution in [2.75, 3.05) is 30.2 Å². The predicted molar refractivity (Wildman–Crippen MR) is 70.1 cm³/mol. The highest BCUT2D eigenvalue weighted by molar-refractivity contribution is 6.40. The van der Waals surface area contributed by atoms with Gasteiger partial charge in [-0.1, -0.05) is 23.2 Å². The fourth-order valence-electron chi connectivity index (χ4n) is 1.11. The van der Waals surface area contributed by atoms with Crippen LogP contribution in [0.15, 0.2) is 12.1 Å². The third-order valence-electron chi connectivity index (χ3n) is 1.93. The van der Waals surface area contributed by atoms with Crippen LogP contribution >= 0.6 is 34.8 Å². The van der Waals surface area contributed by atoms with Crippen LogP contribution in [0.5, 0.6) is 0 Å². The summed E-state index contributed by atoms with van der Waals surface area (Å²) in [6, 6.07) is 3.44. The number of halogens is 3. The van der Waals surface area contributed by atoms with E-state index in [1.807, 2.05) is 19.0 Å². The fourth-order valence-corrected chi connectivity index (χ4v) is 1.75. The van der Waals surface area contributed by atoms with Gasteiger partial charge in [-0.3, -0.25) is 4.79 Å². The first-order chi connectivity index (χ1) is 7.45. The van der Waals surface area contributed by atoms with E-state index in [-0.39, 0.29) is 11.8 Å². The molecule has 0 spiro atoms. The van der Waals surface area contributed by atoms with Crippen molar-refractivity contribution in [2.45, 2.75) is 0 Å². The van der Waals surface area contributed by atoms with Gasteiger partial charge in [0, 0.05) is 19.8 Å². The van der Waals surface area contributed by atoms with Gasteiger partial charge in [0.15, 0.2) is 0 Å². The van der Waals surface area contributed by atoms with E-state index < -0.39 is 0 Å². The fraction of sp³-hybridized carbons (Fsp3) is 0.300. The van der Waals surface area contributed by atoms with Crippen LogP contribution in [0.2, 0.25) is 10.0 Å². The van der Waals surface area contributed by atoms with Crippen molar-refractivity contribution in [3.05, 3.63) is 22.2 Å². The molecule has 88 valence electrons. The summed E-state index contributed by atoms with van der Waals surface area (Å²) in [6.07, 6.45) is 0. The normalized spacial score (nSPS) is 10.1. The Kier molecular flexibility index (Phi) is 4.71.